The van der Waals surface area contributed by atoms with Crippen LogP contribution < -0.4 is 10.6 Å². The Bertz CT molecular complexity index is 333. The molecule has 0 saturated heterocycles. The largest absolute Gasteiger partial charge is 0.346 e. The van der Waals surface area contributed by atoms with Gasteiger partial charge in [-0.3, -0.25) is 9.59 Å². The molecule has 0 unspecified atom stereocenters. The van der Waals surface area contributed by atoms with Crippen LogP contribution in [0.15, 0.2) is 17.5 Å². The van der Waals surface area contributed by atoms with Crippen molar-refractivity contribution >= 4 is 23.2 Å². The number of carbonyl (C=O) groups excluding carboxylic acids is 2. The van der Waals surface area contributed by atoms with Gasteiger partial charge in [-0.2, -0.15) is 0 Å². The second-order valence-corrected chi connectivity index (χ2v) is 4.42. The molecule has 2 N–H and O–H groups in total. The Morgan fingerprint density at radius 3 is 2.67 bits per heavy atom. The Kier molecular flexibility index (Phi) is 4.30. The van der Waals surface area contributed by atoms with E-state index in [2.05, 4.69) is 10.6 Å². The third-order valence-corrected chi connectivity index (χ3v) is 2.51. The van der Waals surface area contributed by atoms with Crippen LogP contribution in [0.4, 0.5) is 0 Å². The molecule has 4 nitrogen and oxygen atoms in total. The Morgan fingerprint density at radius 1 is 1.40 bits per heavy atom. The summed E-state index contributed by atoms with van der Waals surface area (Å²) in [5, 5.41) is 7.00. The van der Waals surface area contributed by atoms with E-state index in [4.69, 9.17) is 0 Å². The minimum Gasteiger partial charge on any atom is -0.346 e. The monoisotopic (exact) mass is 226 g/mol. The van der Waals surface area contributed by atoms with Crippen LogP contribution in [0.2, 0.25) is 0 Å². The fourth-order valence-electron chi connectivity index (χ4n) is 0.989. The number of thiophene rings is 1. The van der Waals surface area contributed by atoms with E-state index >= 15 is 0 Å². The molecule has 82 valence electrons. The lowest BCUT2D eigenvalue weighted by Crippen LogP contribution is -2.42. The SMILES string of the molecule is CC(C)NC(=O)C(=O)NCc1cccs1. The number of hydrogen-bond donors (Lipinski definition) is 2. The molecule has 1 aromatic heterocycles. The topological polar surface area (TPSA) is 58.2 Å². The number of hydrogen-bond acceptors (Lipinski definition) is 3. The normalized spacial score (nSPS) is 10.1. The average Bonchev–Trinajstić information content (AvgIpc) is 2.65. The van der Waals surface area contributed by atoms with Gasteiger partial charge in [0.05, 0.1) is 6.54 Å². The van der Waals surface area contributed by atoms with E-state index in [1.807, 2.05) is 31.4 Å². The van der Waals surface area contributed by atoms with Crippen molar-refractivity contribution in [2.75, 3.05) is 0 Å². The molecule has 0 aromatic carbocycles. The molecule has 0 spiro atoms. The zero-order valence-electron chi connectivity index (χ0n) is 8.74. The molecule has 0 saturated carbocycles. The average molecular weight is 226 g/mol. The van der Waals surface area contributed by atoms with E-state index in [0.29, 0.717) is 6.54 Å². The van der Waals surface area contributed by atoms with Crippen molar-refractivity contribution in [3.05, 3.63) is 22.4 Å². The summed E-state index contributed by atoms with van der Waals surface area (Å²) in [4.78, 5) is 23.5. The predicted octanol–water partition coefficient (Wildman–Crippen LogP) is 0.889. The summed E-state index contributed by atoms with van der Waals surface area (Å²) in [5.74, 6) is -1.17. The van der Waals surface area contributed by atoms with Crippen molar-refractivity contribution in [1.29, 1.82) is 0 Å². The second-order valence-electron chi connectivity index (χ2n) is 3.39. The zero-order valence-corrected chi connectivity index (χ0v) is 9.56. The smallest absolute Gasteiger partial charge is 0.309 e. The molecule has 1 heterocycles. The molecular formula is C10H14N2O2S. The van der Waals surface area contributed by atoms with Gasteiger partial charge in [0.15, 0.2) is 0 Å². The van der Waals surface area contributed by atoms with Crippen LogP contribution in [0, 0.1) is 0 Å². The molecule has 15 heavy (non-hydrogen) atoms. The lowest BCUT2D eigenvalue weighted by molar-refractivity contribution is -0.139. The molecule has 1 aromatic rings. The number of carbonyl (C=O) groups is 2. The summed E-state index contributed by atoms with van der Waals surface area (Å²) in [5.41, 5.74) is 0. The van der Waals surface area contributed by atoms with Crippen molar-refractivity contribution in [3.63, 3.8) is 0 Å². The first-order valence-corrected chi connectivity index (χ1v) is 5.58. The van der Waals surface area contributed by atoms with Crippen LogP contribution in [-0.2, 0) is 16.1 Å². The lowest BCUT2D eigenvalue weighted by atomic mass is 10.4. The van der Waals surface area contributed by atoms with Crippen LogP contribution in [0.3, 0.4) is 0 Å². The minimum absolute atomic E-state index is 0.0232. The minimum atomic E-state index is -0.586. The van der Waals surface area contributed by atoms with Gasteiger partial charge in [-0.05, 0) is 25.3 Å². The van der Waals surface area contributed by atoms with Gasteiger partial charge in [0.25, 0.3) is 0 Å². The molecule has 0 bridgehead atoms. The van der Waals surface area contributed by atoms with E-state index in [0.717, 1.165) is 4.88 Å². The van der Waals surface area contributed by atoms with E-state index in [1.165, 1.54) is 0 Å². The molecule has 0 atom stereocenters. The molecule has 2 amide bonds. The summed E-state index contributed by atoms with van der Waals surface area (Å²) in [6.45, 7) is 4.02. The predicted molar refractivity (Wildman–Crippen MR) is 59.4 cm³/mol. The van der Waals surface area contributed by atoms with Gasteiger partial charge in [0.2, 0.25) is 0 Å². The van der Waals surface area contributed by atoms with Gasteiger partial charge < -0.3 is 10.6 Å². The third-order valence-electron chi connectivity index (χ3n) is 1.63. The first-order chi connectivity index (χ1) is 7.09. The lowest BCUT2D eigenvalue weighted by Gasteiger charge is -2.07. The zero-order chi connectivity index (χ0) is 11.3. The molecule has 0 fully saturated rings. The van der Waals surface area contributed by atoms with Crippen LogP contribution in [0.1, 0.15) is 18.7 Å². The van der Waals surface area contributed by atoms with Crippen LogP contribution in [-0.4, -0.2) is 17.9 Å². The van der Waals surface area contributed by atoms with Crippen molar-refractivity contribution in [2.45, 2.75) is 26.4 Å². The summed E-state index contributed by atoms with van der Waals surface area (Å²) in [7, 11) is 0. The van der Waals surface area contributed by atoms with Gasteiger partial charge in [0.1, 0.15) is 0 Å². The highest BCUT2D eigenvalue weighted by molar-refractivity contribution is 7.09. The highest BCUT2D eigenvalue weighted by Gasteiger charge is 2.13. The van der Waals surface area contributed by atoms with Gasteiger partial charge in [0, 0.05) is 10.9 Å². The van der Waals surface area contributed by atoms with E-state index in [9.17, 15) is 9.59 Å². The van der Waals surface area contributed by atoms with Crippen LogP contribution in [0.5, 0.6) is 0 Å². The second kappa shape index (κ2) is 5.50. The molecule has 1 rings (SSSR count). The summed E-state index contributed by atoms with van der Waals surface area (Å²) >= 11 is 1.54. The van der Waals surface area contributed by atoms with Gasteiger partial charge in [-0.15, -0.1) is 11.3 Å². The van der Waals surface area contributed by atoms with E-state index in [1.54, 1.807) is 11.3 Å². The van der Waals surface area contributed by atoms with E-state index in [-0.39, 0.29) is 6.04 Å². The van der Waals surface area contributed by atoms with Crippen LogP contribution in [0.25, 0.3) is 0 Å². The highest BCUT2D eigenvalue weighted by atomic mass is 32.1. The first-order valence-electron chi connectivity index (χ1n) is 4.70. The summed E-state index contributed by atoms with van der Waals surface area (Å²) < 4.78 is 0. The molecule has 0 radical (unpaired) electrons. The van der Waals surface area contributed by atoms with Gasteiger partial charge >= 0.3 is 11.8 Å². The maximum Gasteiger partial charge on any atom is 0.309 e. The summed E-state index contributed by atoms with van der Waals surface area (Å²) in [6.07, 6.45) is 0. The quantitative estimate of drug-likeness (QED) is 0.752. The Hall–Kier alpha value is -1.36. The number of rotatable bonds is 3. The molecule has 0 aliphatic heterocycles. The van der Waals surface area contributed by atoms with E-state index < -0.39 is 11.8 Å². The highest BCUT2D eigenvalue weighted by Crippen LogP contribution is 2.06. The fourth-order valence-corrected chi connectivity index (χ4v) is 1.63. The van der Waals surface area contributed by atoms with Gasteiger partial charge in [-0.25, -0.2) is 0 Å². The summed E-state index contributed by atoms with van der Waals surface area (Å²) in [6, 6.07) is 3.79. The maximum absolute atomic E-state index is 11.3. The number of amides is 2. The number of nitrogens with one attached hydrogen (secondary N) is 2. The van der Waals surface area contributed by atoms with Crippen molar-refractivity contribution in [2.24, 2.45) is 0 Å². The van der Waals surface area contributed by atoms with Crippen LogP contribution >= 0.6 is 11.3 Å². The van der Waals surface area contributed by atoms with Gasteiger partial charge in [-0.1, -0.05) is 6.07 Å². The third kappa shape index (κ3) is 4.12. The van der Waals surface area contributed by atoms with Crippen molar-refractivity contribution < 1.29 is 9.59 Å². The Balaban J connectivity index is 2.33. The molecule has 0 aliphatic carbocycles. The molecular weight excluding hydrogens is 212 g/mol. The molecule has 0 aliphatic rings. The maximum atomic E-state index is 11.3. The molecule has 5 heteroatoms. The first kappa shape index (κ1) is 11.7. The van der Waals surface area contributed by atoms with Crippen molar-refractivity contribution in [3.8, 4) is 0 Å². The fraction of sp³-hybridized carbons (Fsp3) is 0.400. The standard InChI is InChI=1S/C10H14N2O2S/c1-7(2)12-10(14)9(13)11-6-8-4-3-5-15-8/h3-5,7H,6H2,1-2H3,(H,11,13)(H,12,14). The van der Waals surface area contributed by atoms with Crippen molar-refractivity contribution in [1.82, 2.24) is 10.6 Å². The Labute approximate surface area is 92.7 Å². The Morgan fingerprint density at radius 2 is 2.13 bits per heavy atom.